The summed E-state index contributed by atoms with van der Waals surface area (Å²) >= 11 is 0. The third-order valence-electron chi connectivity index (χ3n) is 7.71. The zero-order chi connectivity index (χ0) is 49.0. The van der Waals surface area contributed by atoms with Crippen molar-refractivity contribution in [2.24, 2.45) is 0 Å². The van der Waals surface area contributed by atoms with Gasteiger partial charge in [0.1, 0.15) is 0 Å². The van der Waals surface area contributed by atoms with E-state index >= 15 is 0 Å². The van der Waals surface area contributed by atoms with Crippen LogP contribution in [0.25, 0.3) is 0 Å². The lowest BCUT2D eigenvalue weighted by Crippen LogP contribution is -2.73. The maximum atomic E-state index is 14.2. The van der Waals surface area contributed by atoms with Crippen molar-refractivity contribution in [1.29, 1.82) is 0 Å². The van der Waals surface area contributed by atoms with Gasteiger partial charge in [0.15, 0.2) is 0 Å². The first-order valence-electron chi connectivity index (χ1n) is 14.4. The molecule has 36 heteroatoms. The van der Waals surface area contributed by atoms with Crippen molar-refractivity contribution < 1.29 is 152 Å². The molecule has 6 nitrogen and oxygen atoms in total. The van der Waals surface area contributed by atoms with Crippen LogP contribution < -0.4 is 0 Å². The Bertz CT molecular complexity index is 1390. The fraction of sp³-hybridized carbons (Fsp3) is 0.917. The SMILES string of the molecule is O=C(O)N(CCCCCCN(CC(F)(F)C(F)(F)C(F)(F)C(F)(F)C(F)(F)C(F)(F)C(F)(F)F)C(=O)O)CC(F)(F)C(F)(F)C(F)(F)C(F)(F)C(F)(F)C(F)(F)C(F)(F)F. The second-order valence-corrected chi connectivity index (χ2v) is 12.0. The zero-order valence-electron chi connectivity index (χ0n) is 27.6. The molecule has 0 aromatic heterocycles. The van der Waals surface area contributed by atoms with Crippen LogP contribution in [0.4, 0.5) is 141 Å². The van der Waals surface area contributed by atoms with Gasteiger partial charge in [-0.15, -0.1) is 0 Å². The van der Waals surface area contributed by atoms with Crippen LogP contribution in [0.5, 0.6) is 0 Å². The maximum Gasteiger partial charge on any atom is 0.460 e. The van der Waals surface area contributed by atoms with E-state index < -0.39 is 157 Å². The lowest BCUT2D eigenvalue weighted by Gasteiger charge is -2.42. The second kappa shape index (κ2) is 16.3. The van der Waals surface area contributed by atoms with Gasteiger partial charge in [-0.25, -0.2) is 9.59 Å². The van der Waals surface area contributed by atoms with Gasteiger partial charge in [-0.2, -0.15) is 132 Å². The molecule has 0 bridgehead atoms. The van der Waals surface area contributed by atoms with Crippen LogP contribution in [0.15, 0.2) is 0 Å². The highest BCUT2D eigenvalue weighted by molar-refractivity contribution is 5.65. The normalized spacial score (nSPS) is 15.6. The predicted octanol–water partition coefficient (Wildman–Crippen LogP) is 11.3. The highest BCUT2D eigenvalue weighted by atomic mass is 19.4. The van der Waals surface area contributed by atoms with Gasteiger partial charge in [0.25, 0.3) is 0 Å². The average molecular weight is 968 g/mol. The molecule has 0 radical (unpaired) electrons. The smallest absolute Gasteiger partial charge is 0.460 e. The number of carbonyl (C=O) groups is 2. The van der Waals surface area contributed by atoms with Gasteiger partial charge < -0.3 is 20.0 Å². The number of hydrogen-bond acceptors (Lipinski definition) is 2. The number of unbranched alkanes of at least 4 members (excludes halogenated alkanes) is 3. The molecule has 0 aromatic carbocycles. The topological polar surface area (TPSA) is 81.1 Å². The number of hydrogen-bond donors (Lipinski definition) is 2. The van der Waals surface area contributed by atoms with Crippen LogP contribution in [0.1, 0.15) is 25.7 Å². The minimum Gasteiger partial charge on any atom is -0.465 e. The zero-order valence-corrected chi connectivity index (χ0v) is 27.6. The standard InChI is InChI=1S/C24H18F30N2O4/c25-11(26,13(29,30)15(33,34)17(37,38)19(41,42)21(45,46)23(49,50)51)7-55(9(57)58)5-3-1-2-4-6-56(10(59)60)8-12(27,28)14(31,32)16(35,36)18(39,40)20(43,44)22(47,48)24(52,53)54/h1-8H2,(H,57,58)(H,59,60). The molecular weight excluding hydrogens is 950 g/mol. The summed E-state index contributed by atoms with van der Waals surface area (Å²) in [6.07, 6.45) is -26.0. The fourth-order valence-corrected chi connectivity index (χ4v) is 4.12. The maximum absolute atomic E-state index is 14.2. The molecule has 0 heterocycles. The molecule has 0 aliphatic rings. The van der Waals surface area contributed by atoms with Crippen molar-refractivity contribution in [3.8, 4) is 0 Å². The van der Waals surface area contributed by atoms with Crippen LogP contribution >= 0.6 is 0 Å². The summed E-state index contributed by atoms with van der Waals surface area (Å²) in [4.78, 5) is 20.0. The molecule has 0 rings (SSSR count). The van der Waals surface area contributed by atoms with Crippen LogP contribution in [-0.4, -0.2) is 142 Å². The molecule has 0 saturated heterocycles. The van der Waals surface area contributed by atoms with E-state index in [1.165, 1.54) is 0 Å². The van der Waals surface area contributed by atoms with Crippen molar-refractivity contribution in [1.82, 2.24) is 9.80 Å². The fourth-order valence-electron chi connectivity index (χ4n) is 4.12. The number of nitrogens with zero attached hydrogens (tertiary/aromatic N) is 2. The molecular formula is C24H18F30N2O4. The number of amides is 2. The summed E-state index contributed by atoms with van der Waals surface area (Å²) in [6.45, 7) is -10.5. The summed E-state index contributed by atoms with van der Waals surface area (Å²) in [5.41, 5.74) is 0. The second-order valence-electron chi connectivity index (χ2n) is 12.0. The summed E-state index contributed by atoms with van der Waals surface area (Å²) in [5.74, 6) is -99.0. The molecule has 0 aliphatic heterocycles. The summed E-state index contributed by atoms with van der Waals surface area (Å²) in [6, 6.07) is 0. The van der Waals surface area contributed by atoms with E-state index in [9.17, 15) is 141 Å². The Balaban J connectivity index is 6.02. The lowest BCUT2D eigenvalue weighted by atomic mass is 9.91. The first-order chi connectivity index (χ1) is 25.8. The molecule has 60 heavy (non-hydrogen) atoms. The quantitative estimate of drug-likeness (QED) is 0.0887. The van der Waals surface area contributed by atoms with Gasteiger partial charge in [-0.1, -0.05) is 12.8 Å². The van der Waals surface area contributed by atoms with Crippen LogP contribution in [0.3, 0.4) is 0 Å². The molecule has 358 valence electrons. The highest BCUT2D eigenvalue weighted by Gasteiger charge is 2.95. The van der Waals surface area contributed by atoms with Crippen LogP contribution in [-0.2, 0) is 0 Å². The number of carboxylic acid groups (broad SMARTS) is 2. The molecule has 0 aromatic rings. The van der Waals surface area contributed by atoms with Crippen molar-refractivity contribution in [3.63, 3.8) is 0 Å². The molecule has 0 saturated carbocycles. The largest absolute Gasteiger partial charge is 0.465 e. The van der Waals surface area contributed by atoms with E-state index in [1.54, 1.807) is 0 Å². The Labute approximate surface area is 310 Å². The Morgan fingerprint density at radius 2 is 0.483 bits per heavy atom. The van der Waals surface area contributed by atoms with Gasteiger partial charge in [0, 0.05) is 13.1 Å². The molecule has 0 unspecified atom stereocenters. The monoisotopic (exact) mass is 968 g/mol. The molecule has 0 fully saturated rings. The Morgan fingerprint density at radius 3 is 0.667 bits per heavy atom. The number of alkyl halides is 30. The van der Waals surface area contributed by atoms with E-state index in [0.717, 1.165) is 0 Å². The molecule has 0 aliphatic carbocycles. The first-order valence-corrected chi connectivity index (χ1v) is 14.4. The molecule has 2 N–H and O–H groups in total. The average Bonchev–Trinajstić information content (AvgIpc) is 3.02. The van der Waals surface area contributed by atoms with Gasteiger partial charge in [0.2, 0.25) is 0 Å². The minimum absolute atomic E-state index is 0.939. The highest BCUT2D eigenvalue weighted by Crippen LogP contribution is 2.64. The lowest BCUT2D eigenvalue weighted by molar-refractivity contribution is -0.452. The first kappa shape index (κ1) is 56.4. The molecule has 0 atom stereocenters. The van der Waals surface area contributed by atoms with Crippen molar-refractivity contribution >= 4 is 12.2 Å². The number of halogens is 30. The predicted molar refractivity (Wildman–Crippen MR) is 129 cm³/mol. The Hall–Kier alpha value is -3.56. The Kier molecular flexibility index (Phi) is 15.3. The Morgan fingerprint density at radius 1 is 0.300 bits per heavy atom. The van der Waals surface area contributed by atoms with E-state index in [2.05, 4.69) is 0 Å². The van der Waals surface area contributed by atoms with Gasteiger partial charge in [0.05, 0.1) is 13.1 Å². The number of rotatable bonds is 21. The van der Waals surface area contributed by atoms with Crippen LogP contribution in [0.2, 0.25) is 0 Å². The summed E-state index contributed by atoms with van der Waals surface area (Å²) < 4.78 is 401. The van der Waals surface area contributed by atoms with Crippen molar-refractivity contribution in [2.75, 3.05) is 26.2 Å². The van der Waals surface area contributed by atoms with E-state index in [0.29, 0.717) is 0 Å². The van der Waals surface area contributed by atoms with Crippen LogP contribution in [0, 0.1) is 0 Å². The third-order valence-corrected chi connectivity index (χ3v) is 7.71. The van der Waals surface area contributed by atoms with Gasteiger partial charge in [-0.3, -0.25) is 0 Å². The van der Waals surface area contributed by atoms with Gasteiger partial charge >= 0.3 is 95.6 Å². The van der Waals surface area contributed by atoms with Crippen molar-refractivity contribution in [2.45, 2.75) is 109 Å². The summed E-state index contributed by atoms with van der Waals surface area (Å²) in [7, 11) is 0. The minimum atomic E-state index is -8.72. The summed E-state index contributed by atoms with van der Waals surface area (Å²) in [5, 5.41) is 17.7. The third kappa shape index (κ3) is 9.00. The molecule has 2 amide bonds. The van der Waals surface area contributed by atoms with E-state index in [4.69, 9.17) is 10.2 Å². The van der Waals surface area contributed by atoms with Gasteiger partial charge in [-0.05, 0) is 12.8 Å². The molecule has 0 spiro atoms. The van der Waals surface area contributed by atoms with Crippen molar-refractivity contribution in [3.05, 3.63) is 0 Å². The van der Waals surface area contributed by atoms with E-state index in [1.807, 2.05) is 0 Å². The van der Waals surface area contributed by atoms with E-state index in [-0.39, 0.29) is 0 Å².